The summed E-state index contributed by atoms with van der Waals surface area (Å²) in [4.78, 5) is 48.5. The molecule has 0 heterocycles. The third-order valence-electron chi connectivity index (χ3n) is 5.64. The highest BCUT2D eigenvalue weighted by Gasteiger charge is 2.34. The Morgan fingerprint density at radius 2 is 1.69 bits per heavy atom. The van der Waals surface area contributed by atoms with Crippen molar-refractivity contribution in [3.05, 3.63) is 77.4 Å². The van der Waals surface area contributed by atoms with Gasteiger partial charge >= 0.3 is 6.03 Å². The van der Waals surface area contributed by atoms with Crippen LogP contribution in [0.1, 0.15) is 29.3 Å². The average molecular weight is 481 g/mol. The maximum Gasteiger partial charge on any atom is 0.319 e. The molecule has 0 aliphatic heterocycles. The van der Waals surface area contributed by atoms with Crippen molar-refractivity contribution >= 4 is 29.3 Å². The fraction of sp³-hybridized carbons (Fsp3) is 0.280. The van der Waals surface area contributed by atoms with Crippen LogP contribution < -0.4 is 21.7 Å². The maximum atomic E-state index is 12.8. The molecule has 0 radical (unpaired) electrons. The minimum atomic E-state index is -1.35. The summed E-state index contributed by atoms with van der Waals surface area (Å²) in [7, 11) is 0. The molecule has 0 saturated carbocycles. The van der Waals surface area contributed by atoms with Crippen molar-refractivity contribution in [2.75, 3.05) is 5.32 Å². The zero-order chi connectivity index (χ0) is 25.5. The molecule has 0 fully saturated rings. The van der Waals surface area contributed by atoms with Crippen LogP contribution >= 0.6 is 0 Å². The summed E-state index contributed by atoms with van der Waals surface area (Å²) >= 11 is 0. The number of ketones is 1. The molecule has 10 nitrogen and oxygen atoms in total. The van der Waals surface area contributed by atoms with Gasteiger partial charge in [0.25, 0.3) is 0 Å². The zero-order valence-electron chi connectivity index (χ0n) is 19.1. The van der Waals surface area contributed by atoms with Gasteiger partial charge in [0.05, 0.1) is 12.1 Å². The van der Waals surface area contributed by atoms with Crippen molar-refractivity contribution in [2.24, 2.45) is 5.73 Å². The third-order valence-corrected chi connectivity index (χ3v) is 5.64. The standard InChI is InChI=1S/C25H28N4O6/c1-14(30)16-7-9-18(10-8-16)27-25(35)29-19-12-17(13-21(31)22(19)32)24(34)28-20(23(26)33)11-15-5-3-2-4-6-15/h2-10,12,19-22,31-32H,11,13H2,1H3,(H2,26,33)(H,28,34)(H2,27,29,35). The smallest absolute Gasteiger partial charge is 0.319 e. The van der Waals surface area contributed by atoms with E-state index in [2.05, 4.69) is 16.0 Å². The van der Waals surface area contributed by atoms with Gasteiger partial charge in [-0.3, -0.25) is 14.4 Å². The number of urea groups is 1. The second kappa shape index (κ2) is 11.4. The molecule has 7 N–H and O–H groups in total. The lowest BCUT2D eigenvalue weighted by Gasteiger charge is -2.31. The molecule has 2 aromatic rings. The molecule has 3 rings (SSSR count). The number of hydrogen-bond donors (Lipinski definition) is 6. The second-order valence-corrected chi connectivity index (χ2v) is 8.33. The van der Waals surface area contributed by atoms with E-state index in [1.54, 1.807) is 48.5 Å². The fourth-order valence-electron chi connectivity index (χ4n) is 3.69. The molecule has 4 unspecified atom stereocenters. The number of nitrogens with two attached hydrogens (primary N) is 1. The average Bonchev–Trinajstić information content (AvgIpc) is 2.82. The molecule has 35 heavy (non-hydrogen) atoms. The van der Waals surface area contributed by atoms with Gasteiger partial charge in [0.15, 0.2) is 5.78 Å². The van der Waals surface area contributed by atoms with Gasteiger partial charge in [0.1, 0.15) is 12.1 Å². The molecule has 4 atom stereocenters. The van der Waals surface area contributed by atoms with Crippen LogP contribution in [-0.2, 0) is 16.0 Å². The molecule has 2 aromatic carbocycles. The number of carbonyl (C=O) groups is 4. The Kier molecular flexibility index (Phi) is 8.34. The summed E-state index contributed by atoms with van der Waals surface area (Å²) in [6.45, 7) is 1.43. The molecular weight excluding hydrogens is 452 g/mol. The summed E-state index contributed by atoms with van der Waals surface area (Å²) in [5.41, 5.74) is 7.25. The molecular formula is C25H28N4O6. The number of rotatable bonds is 8. The van der Waals surface area contributed by atoms with E-state index in [1.807, 2.05) is 6.07 Å². The number of aliphatic hydroxyl groups is 2. The number of aliphatic hydroxyl groups excluding tert-OH is 2. The van der Waals surface area contributed by atoms with Crippen LogP contribution in [0, 0.1) is 0 Å². The van der Waals surface area contributed by atoms with E-state index >= 15 is 0 Å². The highest BCUT2D eigenvalue weighted by Crippen LogP contribution is 2.21. The van der Waals surface area contributed by atoms with Crippen LogP contribution in [0.3, 0.4) is 0 Å². The first-order chi connectivity index (χ1) is 16.6. The number of amides is 4. The van der Waals surface area contributed by atoms with E-state index in [9.17, 15) is 29.4 Å². The number of Topliss-reactive ketones (excluding diaryl/α,β-unsaturated/α-hetero) is 1. The lowest BCUT2D eigenvalue weighted by Crippen LogP contribution is -2.53. The van der Waals surface area contributed by atoms with Gasteiger partial charge in [-0.15, -0.1) is 0 Å². The Morgan fingerprint density at radius 3 is 2.29 bits per heavy atom. The van der Waals surface area contributed by atoms with Gasteiger partial charge in [-0.2, -0.15) is 0 Å². The van der Waals surface area contributed by atoms with Crippen LogP contribution in [-0.4, -0.2) is 58.1 Å². The topological polar surface area (TPSA) is 171 Å². The van der Waals surface area contributed by atoms with Crippen molar-refractivity contribution < 1.29 is 29.4 Å². The lowest BCUT2D eigenvalue weighted by molar-refractivity contribution is -0.125. The number of anilines is 1. The number of hydrogen-bond acceptors (Lipinski definition) is 6. The number of nitrogens with one attached hydrogen (secondary N) is 3. The van der Waals surface area contributed by atoms with E-state index in [0.717, 1.165) is 5.56 Å². The Hall–Kier alpha value is -4.02. The Bertz CT molecular complexity index is 1120. The first kappa shape index (κ1) is 25.6. The van der Waals surface area contributed by atoms with Crippen molar-refractivity contribution in [2.45, 2.75) is 44.1 Å². The molecule has 0 spiro atoms. The van der Waals surface area contributed by atoms with Crippen LogP contribution in [0.4, 0.5) is 10.5 Å². The first-order valence-corrected chi connectivity index (χ1v) is 11.0. The van der Waals surface area contributed by atoms with E-state index in [-0.39, 0.29) is 24.2 Å². The number of benzene rings is 2. The normalized spacial score (nSPS) is 20.2. The molecule has 10 heteroatoms. The van der Waals surface area contributed by atoms with Gasteiger partial charge in [-0.1, -0.05) is 36.4 Å². The van der Waals surface area contributed by atoms with Gasteiger partial charge in [0, 0.05) is 29.7 Å². The molecule has 0 bridgehead atoms. The SMILES string of the molecule is CC(=O)c1ccc(NC(=O)NC2C=C(C(=O)NC(Cc3ccccc3)C(N)=O)CC(O)C2O)cc1. The summed E-state index contributed by atoms with van der Waals surface area (Å²) < 4.78 is 0. The minimum Gasteiger partial charge on any atom is -0.390 e. The monoisotopic (exact) mass is 480 g/mol. The van der Waals surface area contributed by atoms with Crippen molar-refractivity contribution in [3.63, 3.8) is 0 Å². The molecule has 184 valence electrons. The van der Waals surface area contributed by atoms with Crippen molar-refractivity contribution in [1.29, 1.82) is 0 Å². The van der Waals surface area contributed by atoms with Crippen molar-refractivity contribution in [3.8, 4) is 0 Å². The third kappa shape index (κ3) is 6.98. The van der Waals surface area contributed by atoms with Crippen LogP contribution in [0.5, 0.6) is 0 Å². The Balaban J connectivity index is 1.67. The molecule has 1 aliphatic rings. The van der Waals surface area contributed by atoms with Crippen LogP contribution in [0.2, 0.25) is 0 Å². The molecule has 0 aromatic heterocycles. The van der Waals surface area contributed by atoms with Gasteiger partial charge < -0.3 is 31.9 Å². The minimum absolute atomic E-state index is 0.0956. The number of carbonyl (C=O) groups excluding carboxylic acids is 4. The van der Waals surface area contributed by atoms with E-state index in [4.69, 9.17) is 5.73 Å². The van der Waals surface area contributed by atoms with Gasteiger partial charge in [-0.25, -0.2) is 4.79 Å². The Morgan fingerprint density at radius 1 is 1.03 bits per heavy atom. The van der Waals surface area contributed by atoms with Crippen molar-refractivity contribution in [1.82, 2.24) is 10.6 Å². The Labute approximate surface area is 202 Å². The quantitative estimate of drug-likeness (QED) is 0.303. The highest BCUT2D eigenvalue weighted by atomic mass is 16.3. The van der Waals surface area contributed by atoms with E-state index < -0.39 is 42.1 Å². The summed E-state index contributed by atoms with van der Waals surface area (Å²) in [5.74, 6) is -1.47. The lowest BCUT2D eigenvalue weighted by atomic mass is 9.90. The molecule has 1 aliphatic carbocycles. The first-order valence-electron chi connectivity index (χ1n) is 11.0. The predicted molar refractivity (Wildman–Crippen MR) is 128 cm³/mol. The van der Waals surface area contributed by atoms with E-state index in [1.165, 1.54) is 13.0 Å². The number of primary amides is 1. The van der Waals surface area contributed by atoms with Gasteiger partial charge in [0.2, 0.25) is 11.8 Å². The van der Waals surface area contributed by atoms with Gasteiger partial charge in [-0.05, 0) is 36.8 Å². The molecule has 4 amide bonds. The molecule has 0 saturated heterocycles. The fourth-order valence-corrected chi connectivity index (χ4v) is 3.69. The predicted octanol–water partition coefficient (Wildman–Crippen LogP) is 0.644. The largest absolute Gasteiger partial charge is 0.390 e. The summed E-state index contributed by atoms with van der Waals surface area (Å²) in [5, 5.41) is 28.2. The summed E-state index contributed by atoms with van der Waals surface area (Å²) in [6, 6.07) is 12.5. The highest BCUT2D eigenvalue weighted by molar-refractivity contribution is 5.98. The summed E-state index contributed by atoms with van der Waals surface area (Å²) in [6.07, 6.45) is -1.31. The maximum absolute atomic E-state index is 12.8. The van der Waals surface area contributed by atoms with Crippen LogP contribution in [0.25, 0.3) is 0 Å². The van der Waals surface area contributed by atoms with Crippen LogP contribution in [0.15, 0.2) is 66.2 Å². The second-order valence-electron chi connectivity index (χ2n) is 8.33. The van der Waals surface area contributed by atoms with E-state index in [0.29, 0.717) is 11.3 Å². The zero-order valence-corrected chi connectivity index (χ0v) is 19.1.